The lowest BCUT2D eigenvalue weighted by Crippen LogP contribution is -2.29. The van der Waals surface area contributed by atoms with Gasteiger partial charge in [0.1, 0.15) is 0 Å². The maximum Gasteiger partial charge on any atom is 0.0936 e. The molecule has 2 aliphatic heterocycles. The summed E-state index contributed by atoms with van der Waals surface area (Å²) in [4.78, 5) is 2.60. The Labute approximate surface area is 94.0 Å². The highest BCUT2D eigenvalue weighted by Crippen LogP contribution is 2.34. The molecule has 0 amide bonds. The van der Waals surface area contributed by atoms with Gasteiger partial charge in [-0.2, -0.15) is 0 Å². The van der Waals surface area contributed by atoms with Crippen LogP contribution in [-0.2, 0) is 4.74 Å². The molecule has 2 atom stereocenters. The van der Waals surface area contributed by atoms with Gasteiger partial charge in [-0.3, -0.25) is 0 Å². The summed E-state index contributed by atoms with van der Waals surface area (Å²) in [6, 6.07) is 0. The molecule has 2 heteroatoms. The molecular weight excluding hydrogens is 186 g/mol. The molecule has 0 aromatic carbocycles. The standard InChI is InChI=1S/C13H25NO/c1-13(2,3)11-5-4-7-14(8-6-11)9-12-10-15-12/h11-12H,4-10H2,1-3H3. The van der Waals surface area contributed by atoms with Gasteiger partial charge in [-0.15, -0.1) is 0 Å². The molecule has 2 saturated heterocycles. The smallest absolute Gasteiger partial charge is 0.0936 e. The van der Waals surface area contributed by atoms with E-state index in [4.69, 9.17) is 4.74 Å². The summed E-state index contributed by atoms with van der Waals surface area (Å²) in [5.74, 6) is 0.905. The second kappa shape index (κ2) is 4.42. The van der Waals surface area contributed by atoms with Crippen molar-refractivity contribution in [1.82, 2.24) is 4.90 Å². The number of likely N-dealkylation sites (tertiary alicyclic amines) is 1. The molecule has 2 fully saturated rings. The van der Waals surface area contributed by atoms with Crippen molar-refractivity contribution in [3.8, 4) is 0 Å². The van der Waals surface area contributed by atoms with E-state index in [2.05, 4.69) is 25.7 Å². The van der Waals surface area contributed by atoms with Gasteiger partial charge in [0.15, 0.2) is 0 Å². The van der Waals surface area contributed by atoms with Crippen molar-refractivity contribution in [2.75, 3.05) is 26.2 Å². The van der Waals surface area contributed by atoms with Crippen LogP contribution >= 0.6 is 0 Å². The molecule has 0 aromatic heterocycles. The van der Waals surface area contributed by atoms with Gasteiger partial charge in [0.2, 0.25) is 0 Å². The van der Waals surface area contributed by atoms with Crippen LogP contribution in [0.2, 0.25) is 0 Å². The van der Waals surface area contributed by atoms with E-state index < -0.39 is 0 Å². The normalized spacial score (nSPS) is 33.8. The number of ether oxygens (including phenoxy) is 1. The monoisotopic (exact) mass is 211 g/mol. The molecule has 0 spiro atoms. The first kappa shape index (κ1) is 11.4. The second-order valence-electron chi connectivity index (χ2n) is 6.25. The molecule has 2 heterocycles. The lowest BCUT2D eigenvalue weighted by atomic mass is 9.77. The average Bonchev–Trinajstić information content (AvgIpc) is 2.91. The van der Waals surface area contributed by atoms with E-state index in [1.807, 2.05) is 0 Å². The molecule has 2 unspecified atom stereocenters. The van der Waals surface area contributed by atoms with Crippen molar-refractivity contribution in [3.63, 3.8) is 0 Å². The van der Waals surface area contributed by atoms with E-state index >= 15 is 0 Å². The largest absolute Gasteiger partial charge is 0.372 e. The lowest BCUT2D eigenvalue weighted by Gasteiger charge is -2.29. The predicted octanol–water partition coefficient (Wildman–Crippen LogP) is 2.53. The number of rotatable bonds is 2. The molecule has 0 aromatic rings. The summed E-state index contributed by atoms with van der Waals surface area (Å²) in [6.07, 6.45) is 4.72. The molecule has 2 aliphatic rings. The van der Waals surface area contributed by atoms with Crippen LogP contribution in [0.25, 0.3) is 0 Å². The Morgan fingerprint density at radius 2 is 1.93 bits per heavy atom. The van der Waals surface area contributed by atoms with Crippen LogP contribution in [0.4, 0.5) is 0 Å². The molecule has 0 aliphatic carbocycles. The highest BCUT2D eigenvalue weighted by Gasteiger charge is 2.30. The minimum absolute atomic E-state index is 0.492. The van der Waals surface area contributed by atoms with Crippen molar-refractivity contribution in [1.29, 1.82) is 0 Å². The summed E-state index contributed by atoms with van der Waals surface area (Å²) in [5, 5.41) is 0. The van der Waals surface area contributed by atoms with Crippen LogP contribution < -0.4 is 0 Å². The van der Waals surface area contributed by atoms with Crippen LogP contribution in [0.5, 0.6) is 0 Å². The minimum atomic E-state index is 0.492. The fourth-order valence-electron chi connectivity index (χ4n) is 2.67. The number of epoxide rings is 1. The molecule has 88 valence electrons. The Morgan fingerprint density at radius 1 is 1.20 bits per heavy atom. The number of hydrogen-bond acceptors (Lipinski definition) is 2. The Balaban J connectivity index is 1.80. The highest BCUT2D eigenvalue weighted by atomic mass is 16.6. The molecule has 0 bridgehead atoms. The van der Waals surface area contributed by atoms with Gasteiger partial charge in [0.05, 0.1) is 12.7 Å². The zero-order chi connectivity index (χ0) is 10.9. The Morgan fingerprint density at radius 3 is 2.53 bits per heavy atom. The third kappa shape index (κ3) is 3.46. The highest BCUT2D eigenvalue weighted by molar-refractivity contribution is 4.81. The lowest BCUT2D eigenvalue weighted by molar-refractivity contribution is 0.203. The predicted molar refractivity (Wildman–Crippen MR) is 63.0 cm³/mol. The first-order valence-electron chi connectivity index (χ1n) is 6.39. The average molecular weight is 211 g/mol. The van der Waals surface area contributed by atoms with Gasteiger partial charge in [0.25, 0.3) is 0 Å². The minimum Gasteiger partial charge on any atom is -0.372 e. The zero-order valence-corrected chi connectivity index (χ0v) is 10.5. The van der Waals surface area contributed by atoms with Gasteiger partial charge >= 0.3 is 0 Å². The number of nitrogens with zero attached hydrogens (tertiary/aromatic N) is 1. The van der Waals surface area contributed by atoms with Gasteiger partial charge in [-0.1, -0.05) is 20.8 Å². The van der Waals surface area contributed by atoms with Gasteiger partial charge < -0.3 is 9.64 Å². The van der Waals surface area contributed by atoms with Crippen molar-refractivity contribution in [3.05, 3.63) is 0 Å². The Kier molecular flexibility index (Phi) is 3.36. The zero-order valence-electron chi connectivity index (χ0n) is 10.5. The van der Waals surface area contributed by atoms with E-state index in [-0.39, 0.29) is 0 Å². The van der Waals surface area contributed by atoms with Gasteiger partial charge in [0, 0.05) is 6.54 Å². The summed E-state index contributed by atoms with van der Waals surface area (Å²) in [7, 11) is 0. The van der Waals surface area contributed by atoms with E-state index in [0.717, 1.165) is 12.5 Å². The first-order valence-corrected chi connectivity index (χ1v) is 6.39. The van der Waals surface area contributed by atoms with Gasteiger partial charge in [-0.05, 0) is 43.7 Å². The maximum atomic E-state index is 5.30. The second-order valence-corrected chi connectivity index (χ2v) is 6.25. The van der Waals surface area contributed by atoms with Crippen molar-refractivity contribution < 1.29 is 4.74 Å². The molecule has 2 rings (SSSR count). The SMILES string of the molecule is CC(C)(C)C1CCCN(CC2CO2)CC1. The molecule has 2 nitrogen and oxygen atoms in total. The molecular formula is C13H25NO. The van der Waals surface area contributed by atoms with Crippen LogP contribution in [0.1, 0.15) is 40.0 Å². The fraction of sp³-hybridized carbons (Fsp3) is 1.00. The van der Waals surface area contributed by atoms with E-state index in [1.165, 1.54) is 38.9 Å². The Bertz CT molecular complexity index is 205. The van der Waals surface area contributed by atoms with E-state index in [0.29, 0.717) is 11.5 Å². The Hall–Kier alpha value is -0.0800. The van der Waals surface area contributed by atoms with Crippen LogP contribution in [0, 0.1) is 11.3 Å². The molecule has 0 radical (unpaired) electrons. The molecule has 0 N–H and O–H groups in total. The van der Waals surface area contributed by atoms with Crippen LogP contribution in [-0.4, -0.2) is 37.2 Å². The maximum absolute atomic E-state index is 5.30. The summed E-state index contributed by atoms with van der Waals surface area (Å²) < 4.78 is 5.30. The number of hydrogen-bond donors (Lipinski definition) is 0. The summed E-state index contributed by atoms with van der Waals surface area (Å²) >= 11 is 0. The van der Waals surface area contributed by atoms with Crippen LogP contribution in [0.3, 0.4) is 0 Å². The third-order valence-electron chi connectivity index (χ3n) is 3.91. The first-order chi connectivity index (χ1) is 7.05. The summed E-state index contributed by atoms with van der Waals surface area (Å²) in [6.45, 7) is 11.9. The van der Waals surface area contributed by atoms with Gasteiger partial charge in [-0.25, -0.2) is 0 Å². The van der Waals surface area contributed by atoms with E-state index in [1.54, 1.807) is 0 Å². The molecule has 0 saturated carbocycles. The quantitative estimate of drug-likeness (QED) is 0.652. The molecule has 15 heavy (non-hydrogen) atoms. The van der Waals surface area contributed by atoms with Crippen molar-refractivity contribution >= 4 is 0 Å². The van der Waals surface area contributed by atoms with Crippen LogP contribution in [0.15, 0.2) is 0 Å². The topological polar surface area (TPSA) is 15.8 Å². The van der Waals surface area contributed by atoms with Crippen molar-refractivity contribution in [2.24, 2.45) is 11.3 Å². The van der Waals surface area contributed by atoms with Crippen molar-refractivity contribution in [2.45, 2.75) is 46.1 Å². The third-order valence-corrected chi connectivity index (χ3v) is 3.91. The summed E-state index contributed by atoms with van der Waals surface area (Å²) in [5.41, 5.74) is 0.492. The fourth-order valence-corrected chi connectivity index (χ4v) is 2.67. The van der Waals surface area contributed by atoms with E-state index in [9.17, 15) is 0 Å².